The zero-order valence-electron chi connectivity index (χ0n) is 11.3. The van der Waals surface area contributed by atoms with Gasteiger partial charge in [-0.3, -0.25) is 4.79 Å². The summed E-state index contributed by atoms with van der Waals surface area (Å²) in [5.74, 6) is 0.908. The highest BCUT2D eigenvalue weighted by atomic mass is 79.9. The van der Waals surface area contributed by atoms with Crippen molar-refractivity contribution >= 4 is 33.2 Å². The molecule has 1 aromatic rings. The molecule has 0 bridgehead atoms. The molecule has 2 aliphatic carbocycles. The van der Waals surface area contributed by atoms with Gasteiger partial charge >= 0.3 is 0 Å². The molecule has 1 heterocycles. The van der Waals surface area contributed by atoms with Crippen LogP contribution in [0, 0.1) is 5.92 Å². The lowest BCUT2D eigenvalue weighted by Gasteiger charge is -2.34. The molecule has 1 aromatic heterocycles. The quantitative estimate of drug-likeness (QED) is 0.764. The van der Waals surface area contributed by atoms with Crippen molar-refractivity contribution < 1.29 is 4.79 Å². The number of halogens is 1. The van der Waals surface area contributed by atoms with Crippen LogP contribution in [-0.2, 0) is 12.8 Å². The van der Waals surface area contributed by atoms with E-state index in [1.54, 1.807) is 11.3 Å². The molecule has 2 aliphatic rings. The number of nitrogens with zero attached hydrogens (tertiary/aromatic N) is 1. The van der Waals surface area contributed by atoms with Gasteiger partial charge in [-0.1, -0.05) is 15.9 Å². The minimum atomic E-state index is 0.220. The van der Waals surface area contributed by atoms with Gasteiger partial charge in [0.2, 0.25) is 0 Å². The number of hydrogen-bond acceptors (Lipinski definition) is 2. The van der Waals surface area contributed by atoms with E-state index in [2.05, 4.69) is 22.0 Å². The van der Waals surface area contributed by atoms with Crippen LogP contribution in [0.5, 0.6) is 0 Å². The number of thiophene rings is 1. The molecule has 0 unspecified atom stereocenters. The maximum absolute atomic E-state index is 12.4. The van der Waals surface area contributed by atoms with Gasteiger partial charge in [-0.2, -0.15) is 0 Å². The Balaban J connectivity index is 1.64. The third-order valence-electron chi connectivity index (χ3n) is 4.26. The number of aryl methyl sites for hydroxylation is 2. The first-order chi connectivity index (χ1) is 9.13. The third-order valence-corrected chi connectivity index (χ3v) is 6.24. The van der Waals surface area contributed by atoms with Crippen molar-refractivity contribution in [3.05, 3.63) is 21.4 Å². The summed E-state index contributed by atoms with van der Waals surface area (Å²) in [6, 6.07) is 2.14. The van der Waals surface area contributed by atoms with Gasteiger partial charge in [-0.05, 0) is 56.1 Å². The lowest BCUT2D eigenvalue weighted by Crippen LogP contribution is -2.37. The van der Waals surface area contributed by atoms with E-state index in [-0.39, 0.29) is 5.91 Å². The van der Waals surface area contributed by atoms with Gasteiger partial charge in [0.1, 0.15) is 0 Å². The molecular weight excluding hydrogens is 322 g/mol. The second-order valence-electron chi connectivity index (χ2n) is 5.89. The molecule has 1 saturated carbocycles. The number of hydrogen-bond donors (Lipinski definition) is 0. The Morgan fingerprint density at radius 1 is 1.42 bits per heavy atom. The van der Waals surface area contributed by atoms with Crippen LogP contribution in [0.15, 0.2) is 6.07 Å². The molecule has 1 amide bonds. The van der Waals surface area contributed by atoms with Crippen LogP contribution >= 0.6 is 27.3 Å². The highest BCUT2D eigenvalue weighted by Gasteiger charge is 2.29. The van der Waals surface area contributed by atoms with Crippen LogP contribution in [0.2, 0.25) is 0 Å². The number of carbonyl (C=O) groups excluding carboxylic acids is 1. The van der Waals surface area contributed by atoms with Crippen LogP contribution < -0.4 is 0 Å². The predicted octanol–water partition coefficient (Wildman–Crippen LogP) is 3.87. The van der Waals surface area contributed by atoms with E-state index >= 15 is 0 Å². The van der Waals surface area contributed by atoms with Crippen molar-refractivity contribution in [1.29, 1.82) is 0 Å². The number of alkyl halides is 1. The third kappa shape index (κ3) is 2.89. The molecule has 19 heavy (non-hydrogen) atoms. The van der Waals surface area contributed by atoms with E-state index in [1.165, 1.54) is 42.5 Å². The van der Waals surface area contributed by atoms with E-state index in [4.69, 9.17) is 0 Å². The summed E-state index contributed by atoms with van der Waals surface area (Å²) >= 11 is 5.33. The van der Waals surface area contributed by atoms with Crippen molar-refractivity contribution in [3.8, 4) is 0 Å². The molecule has 1 fully saturated rings. The first-order valence-electron chi connectivity index (χ1n) is 7.14. The smallest absolute Gasteiger partial charge is 0.263 e. The Kier molecular flexibility index (Phi) is 3.99. The van der Waals surface area contributed by atoms with Gasteiger partial charge in [-0.15, -0.1) is 11.3 Å². The van der Waals surface area contributed by atoms with E-state index in [0.717, 1.165) is 17.8 Å². The Hall–Kier alpha value is -0.350. The molecule has 0 atom stereocenters. The highest BCUT2D eigenvalue weighted by molar-refractivity contribution is 9.09. The first kappa shape index (κ1) is 13.6. The maximum atomic E-state index is 12.4. The summed E-state index contributed by atoms with van der Waals surface area (Å²) < 4.78 is 0. The van der Waals surface area contributed by atoms with E-state index in [0.29, 0.717) is 10.7 Å². The number of carbonyl (C=O) groups is 1. The molecule has 0 radical (unpaired) electrons. The lowest BCUT2D eigenvalue weighted by molar-refractivity contribution is 0.0753. The van der Waals surface area contributed by atoms with Crippen molar-refractivity contribution in [2.24, 2.45) is 5.92 Å². The summed E-state index contributed by atoms with van der Waals surface area (Å²) in [7, 11) is 1.95. The number of amides is 1. The summed E-state index contributed by atoms with van der Waals surface area (Å²) in [6.07, 6.45) is 7.31. The predicted molar refractivity (Wildman–Crippen MR) is 83.4 cm³/mol. The van der Waals surface area contributed by atoms with Crippen molar-refractivity contribution in [3.63, 3.8) is 0 Å². The first-order valence-corrected chi connectivity index (χ1v) is 8.88. The van der Waals surface area contributed by atoms with Crippen molar-refractivity contribution in [1.82, 2.24) is 4.90 Å². The van der Waals surface area contributed by atoms with E-state index in [9.17, 15) is 4.79 Å². The van der Waals surface area contributed by atoms with E-state index < -0.39 is 0 Å². The topological polar surface area (TPSA) is 20.3 Å². The van der Waals surface area contributed by atoms with Gasteiger partial charge < -0.3 is 4.90 Å². The van der Waals surface area contributed by atoms with Crippen LogP contribution in [0.3, 0.4) is 0 Å². The lowest BCUT2D eigenvalue weighted by atomic mass is 9.85. The molecule has 3 rings (SSSR count). The van der Waals surface area contributed by atoms with Crippen LogP contribution in [0.4, 0.5) is 0 Å². The SMILES string of the molecule is CN(CC1CC(Br)C1)C(=O)c1cc2c(s1)CCCC2. The summed E-state index contributed by atoms with van der Waals surface area (Å²) in [6.45, 7) is 0.906. The zero-order chi connectivity index (χ0) is 13.4. The van der Waals surface area contributed by atoms with Gasteiger partial charge in [0, 0.05) is 23.3 Å². The molecule has 2 nitrogen and oxygen atoms in total. The van der Waals surface area contributed by atoms with Crippen molar-refractivity contribution in [2.75, 3.05) is 13.6 Å². The molecule has 0 aromatic carbocycles. The molecule has 0 N–H and O–H groups in total. The highest BCUT2D eigenvalue weighted by Crippen LogP contribution is 2.34. The molecule has 0 spiro atoms. The van der Waals surface area contributed by atoms with Crippen LogP contribution in [0.1, 0.15) is 45.8 Å². The van der Waals surface area contributed by atoms with Crippen LogP contribution in [0.25, 0.3) is 0 Å². The maximum Gasteiger partial charge on any atom is 0.263 e. The molecular formula is C15H20BrNOS. The standard InChI is InChI=1S/C15H20BrNOS/c1-17(9-10-6-12(16)7-10)15(18)14-8-11-4-2-3-5-13(11)19-14/h8,10,12H,2-7,9H2,1H3. The Morgan fingerprint density at radius 3 is 2.84 bits per heavy atom. The minimum Gasteiger partial charge on any atom is -0.341 e. The van der Waals surface area contributed by atoms with Gasteiger partial charge in [-0.25, -0.2) is 0 Å². The fourth-order valence-corrected chi connectivity index (χ4v) is 5.36. The van der Waals surface area contributed by atoms with Gasteiger partial charge in [0.05, 0.1) is 4.88 Å². The second-order valence-corrected chi connectivity index (χ2v) is 8.32. The summed E-state index contributed by atoms with van der Waals surface area (Å²) in [5, 5.41) is 0. The Labute approximate surface area is 127 Å². The average Bonchev–Trinajstić information content (AvgIpc) is 2.79. The summed E-state index contributed by atoms with van der Waals surface area (Å²) in [4.78, 5) is 17.4. The zero-order valence-corrected chi connectivity index (χ0v) is 13.7. The minimum absolute atomic E-state index is 0.220. The summed E-state index contributed by atoms with van der Waals surface area (Å²) in [5.41, 5.74) is 1.43. The molecule has 0 saturated heterocycles. The molecule has 4 heteroatoms. The van der Waals surface area contributed by atoms with E-state index in [1.807, 2.05) is 11.9 Å². The molecule has 0 aliphatic heterocycles. The second kappa shape index (κ2) is 5.57. The largest absolute Gasteiger partial charge is 0.341 e. The van der Waals surface area contributed by atoms with Gasteiger partial charge in [0.15, 0.2) is 0 Å². The number of rotatable bonds is 3. The van der Waals surface area contributed by atoms with Gasteiger partial charge in [0.25, 0.3) is 5.91 Å². The fraction of sp³-hybridized carbons (Fsp3) is 0.667. The van der Waals surface area contributed by atoms with Crippen LogP contribution in [-0.4, -0.2) is 29.2 Å². The average molecular weight is 342 g/mol. The number of fused-ring (bicyclic) bond motifs is 1. The Morgan fingerprint density at radius 2 is 2.16 bits per heavy atom. The monoisotopic (exact) mass is 341 g/mol. The fourth-order valence-electron chi connectivity index (χ4n) is 3.06. The van der Waals surface area contributed by atoms with Crippen molar-refractivity contribution in [2.45, 2.75) is 43.4 Å². The normalized spacial score (nSPS) is 25.6. The molecule has 104 valence electrons. The Bertz CT molecular complexity index is 455.